The molecule has 7 nitrogen and oxygen atoms in total. The molecule has 1 aromatic heterocycles. The van der Waals surface area contributed by atoms with E-state index in [9.17, 15) is 32.1 Å². The molecule has 0 bridgehead atoms. The van der Waals surface area contributed by atoms with Crippen LogP contribution in [0.4, 0.5) is 27.6 Å². The lowest BCUT2D eigenvalue weighted by molar-refractivity contribution is -0.384. The number of nitro groups is 1. The molecule has 0 saturated heterocycles. The normalized spacial score (nSPS) is 12.0. The van der Waals surface area contributed by atoms with E-state index < -0.39 is 23.0 Å². The van der Waals surface area contributed by atoms with Crippen molar-refractivity contribution in [3.8, 4) is 22.8 Å². The van der Waals surface area contributed by atoms with Crippen LogP contribution in [0.25, 0.3) is 17.1 Å². The zero-order chi connectivity index (χ0) is 20.5. The molecule has 0 amide bonds. The number of aromatic nitrogens is 3. The lowest BCUT2D eigenvalue weighted by Gasteiger charge is -2.20. The Morgan fingerprint density at radius 3 is 2.11 bits per heavy atom. The maximum absolute atomic E-state index is 12.9. The number of rotatable bonds is 5. The molecule has 0 aliphatic carbocycles. The third kappa shape index (κ3) is 3.89. The van der Waals surface area contributed by atoms with Crippen molar-refractivity contribution in [2.45, 2.75) is 12.3 Å². The number of nitrogens with zero attached hydrogens (tertiary/aromatic N) is 4. The van der Waals surface area contributed by atoms with Gasteiger partial charge < -0.3 is 4.74 Å². The number of halogens is 5. The first-order valence-electron chi connectivity index (χ1n) is 7.47. The van der Waals surface area contributed by atoms with E-state index >= 15 is 0 Å². The molecule has 0 fully saturated rings. The lowest BCUT2D eigenvalue weighted by atomic mass is 10.2. The van der Waals surface area contributed by atoms with Gasteiger partial charge in [-0.3, -0.25) is 10.1 Å². The Labute approximate surface area is 153 Å². The lowest BCUT2D eigenvalue weighted by Crippen LogP contribution is -2.41. The Hall–Kier alpha value is -3.57. The fraction of sp³-hybridized carbons (Fsp3) is 0.125. The molecule has 0 radical (unpaired) electrons. The van der Waals surface area contributed by atoms with Crippen LogP contribution in [0.3, 0.4) is 0 Å². The van der Waals surface area contributed by atoms with Crippen molar-refractivity contribution >= 4 is 5.69 Å². The van der Waals surface area contributed by atoms with E-state index in [-0.39, 0.29) is 11.5 Å². The molecular formula is C16H9F5N4O3. The first-order chi connectivity index (χ1) is 13.1. The summed E-state index contributed by atoms with van der Waals surface area (Å²) in [4.78, 5) is 14.1. The van der Waals surface area contributed by atoms with E-state index in [0.717, 1.165) is 12.1 Å². The third-order valence-corrected chi connectivity index (χ3v) is 3.51. The van der Waals surface area contributed by atoms with Crippen LogP contribution in [0, 0.1) is 10.1 Å². The molecule has 1 heterocycles. The molecule has 12 heteroatoms. The summed E-state index contributed by atoms with van der Waals surface area (Å²) in [6.07, 6.45) is -9.86. The molecule has 0 saturated carbocycles. The van der Waals surface area contributed by atoms with Crippen molar-refractivity contribution in [1.82, 2.24) is 14.8 Å². The van der Waals surface area contributed by atoms with Gasteiger partial charge in [0.05, 0.1) is 10.6 Å². The number of hydrogen-bond acceptors (Lipinski definition) is 5. The highest BCUT2D eigenvalue weighted by atomic mass is 19.4. The Balaban J connectivity index is 1.77. The van der Waals surface area contributed by atoms with Gasteiger partial charge in [0.2, 0.25) is 0 Å². The largest absolute Gasteiger partial charge is 0.499 e. The minimum Gasteiger partial charge on any atom is -0.426 e. The fourth-order valence-corrected chi connectivity index (χ4v) is 2.12. The van der Waals surface area contributed by atoms with Crippen LogP contribution >= 0.6 is 0 Å². The van der Waals surface area contributed by atoms with Crippen molar-refractivity contribution in [3.63, 3.8) is 0 Å². The summed E-state index contributed by atoms with van der Waals surface area (Å²) >= 11 is 0. The van der Waals surface area contributed by atoms with Crippen molar-refractivity contribution in [2.75, 3.05) is 0 Å². The van der Waals surface area contributed by atoms with Gasteiger partial charge in [-0.05, 0) is 36.4 Å². The second-order valence-electron chi connectivity index (χ2n) is 5.43. The van der Waals surface area contributed by atoms with E-state index in [4.69, 9.17) is 0 Å². The zero-order valence-electron chi connectivity index (χ0n) is 13.6. The highest BCUT2D eigenvalue weighted by Gasteiger charge is 2.61. The zero-order valence-corrected chi connectivity index (χ0v) is 13.6. The van der Waals surface area contributed by atoms with Gasteiger partial charge in [-0.25, -0.2) is 9.67 Å². The Bertz CT molecular complexity index is 985. The van der Waals surface area contributed by atoms with Gasteiger partial charge in [-0.15, -0.1) is 5.10 Å². The number of non-ortho nitro benzene ring substituents is 1. The average molecular weight is 403 g/mol. The summed E-state index contributed by atoms with van der Waals surface area (Å²) in [6, 6.07) is 9.77. The van der Waals surface area contributed by atoms with E-state index in [2.05, 4.69) is 14.8 Å². The summed E-state index contributed by atoms with van der Waals surface area (Å²) in [6.45, 7) is 0. The van der Waals surface area contributed by atoms with Crippen molar-refractivity contribution in [3.05, 3.63) is 65.0 Å². The summed E-state index contributed by atoms with van der Waals surface area (Å²) in [5, 5.41) is 14.8. The summed E-state index contributed by atoms with van der Waals surface area (Å²) in [5.41, 5.74) is 0.715. The fourth-order valence-electron chi connectivity index (χ4n) is 2.12. The first-order valence-corrected chi connectivity index (χ1v) is 7.47. The van der Waals surface area contributed by atoms with Crippen LogP contribution in [-0.2, 0) is 0 Å². The maximum atomic E-state index is 12.9. The second kappa shape index (κ2) is 6.87. The van der Waals surface area contributed by atoms with Crippen molar-refractivity contribution in [2.24, 2.45) is 0 Å². The molecule has 0 spiro atoms. The van der Waals surface area contributed by atoms with Gasteiger partial charge in [0.15, 0.2) is 5.82 Å². The van der Waals surface area contributed by atoms with Gasteiger partial charge in [0.1, 0.15) is 12.1 Å². The van der Waals surface area contributed by atoms with Crippen LogP contribution in [0.1, 0.15) is 0 Å². The summed E-state index contributed by atoms with van der Waals surface area (Å²) in [5.74, 6) is -0.444. The first kappa shape index (κ1) is 19.2. The topological polar surface area (TPSA) is 83.1 Å². The van der Waals surface area contributed by atoms with Crippen LogP contribution in [-0.4, -0.2) is 32.0 Å². The smallest absolute Gasteiger partial charge is 0.426 e. The summed E-state index contributed by atoms with van der Waals surface area (Å²) < 4.78 is 67.2. The Kier molecular flexibility index (Phi) is 4.71. The van der Waals surface area contributed by atoms with Crippen LogP contribution in [0.5, 0.6) is 5.75 Å². The molecule has 0 aliphatic heterocycles. The van der Waals surface area contributed by atoms with Gasteiger partial charge in [0.25, 0.3) is 5.69 Å². The predicted octanol–water partition coefficient (Wildman–Crippen LogP) is 4.38. The van der Waals surface area contributed by atoms with Gasteiger partial charge in [-0.2, -0.15) is 22.0 Å². The molecule has 2 aromatic carbocycles. The van der Waals surface area contributed by atoms with E-state index in [1.807, 2.05) is 0 Å². The quantitative estimate of drug-likeness (QED) is 0.359. The number of nitro benzene ring substituents is 1. The molecule has 28 heavy (non-hydrogen) atoms. The monoisotopic (exact) mass is 403 g/mol. The molecular weight excluding hydrogens is 394 g/mol. The molecule has 0 unspecified atom stereocenters. The van der Waals surface area contributed by atoms with Crippen molar-refractivity contribution in [1.29, 1.82) is 0 Å². The summed E-state index contributed by atoms with van der Waals surface area (Å²) in [7, 11) is 0. The maximum Gasteiger partial charge on any atom is 0.499 e. The van der Waals surface area contributed by atoms with Crippen LogP contribution in [0.15, 0.2) is 54.9 Å². The Morgan fingerprint density at radius 2 is 1.57 bits per heavy atom. The highest BCUT2D eigenvalue weighted by molar-refractivity contribution is 5.57. The standard InChI is InChI=1S/C16H9F5N4O3/c17-15(18,19)16(20,21)28-13-7-5-11(6-8-13)24-9-22-14(23-24)10-1-3-12(4-2-10)25(26)27/h1-9H/i22+1,23+1,24+1. The minimum absolute atomic E-state index is 0.102. The average Bonchev–Trinajstić information content (AvgIpc) is 3.11. The van der Waals surface area contributed by atoms with E-state index in [1.54, 1.807) is 0 Å². The molecule has 0 N–H and O–H groups in total. The molecule has 146 valence electrons. The van der Waals surface area contributed by atoms with E-state index in [1.165, 1.54) is 47.4 Å². The third-order valence-electron chi connectivity index (χ3n) is 3.51. The second-order valence-corrected chi connectivity index (χ2v) is 5.43. The number of hydrogen-bond donors (Lipinski definition) is 0. The van der Waals surface area contributed by atoms with Gasteiger partial charge >= 0.3 is 12.3 Å². The number of ether oxygens (including phenoxy) is 1. The molecule has 3 rings (SSSR count). The predicted molar refractivity (Wildman–Crippen MR) is 85.1 cm³/mol. The van der Waals surface area contributed by atoms with Gasteiger partial charge in [0, 0.05) is 17.7 Å². The Morgan fingerprint density at radius 1 is 0.964 bits per heavy atom. The molecule has 0 atom stereocenters. The number of benzene rings is 2. The highest BCUT2D eigenvalue weighted by Crippen LogP contribution is 2.37. The van der Waals surface area contributed by atoms with Crippen LogP contribution < -0.4 is 4.74 Å². The molecule has 3 aromatic rings. The van der Waals surface area contributed by atoms with Crippen molar-refractivity contribution < 1.29 is 31.6 Å². The van der Waals surface area contributed by atoms with Crippen LogP contribution in [0.2, 0.25) is 0 Å². The van der Waals surface area contributed by atoms with E-state index in [0.29, 0.717) is 11.3 Å². The molecule has 0 aliphatic rings. The minimum atomic E-state index is -5.84. The SMILES string of the molecule is O=[N+]([O-])c1ccc(-c2[15n]c[15n](-c3ccc(OC(F)(F)C(F)(F)F)cc3)[15n]2)cc1. The number of alkyl halides is 5. The van der Waals surface area contributed by atoms with Gasteiger partial charge in [-0.1, -0.05) is 0 Å².